The van der Waals surface area contributed by atoms with Crippen molar-refractivity contribution in [3.63, 3.8) is 0 Å². The van der Waals surface area contributed by atoms with Gasteiger partial charge in [0.15, 0.2) is 5.82 Å². The van der Waals surface area contributed by atoms with E-state index >= 15 is 0 Å². The number of fused-ring (bicyclic) bond motifs is 1. The molecular weight excluding hydrogens is 402 g/mol. The minimum absolute atomic E-state index is 0.0366. The highest BCUT2D eigenvalue weighted by atomic mass is 16.5. The third-order valence-corrected chi connectivity index (χ3v) is 6.82. The van der Waals surface area contributed by atoms with Gasteiger partial charge in [0.05, 0.1) is 18.3 Å². The summed E-state index contributed by atoms with van der Waals surface area (Å²) in [5.74, 6) is 2.23. The van der Waals surface area contributed by atoms with Crippen molar-refractivity contribution in [2.24, 2.45) is 0 Å². The second kappa shape index (κ2) is 8.90. The Balaban J connectivity index is 1.22. The van der Waals surface area contributed by atoms with E-state index in [-0.39, 0.29) is 11.6 Å². The van der Waals surface area contributed by atoms with Gasteiger partial charge in [-0.25, -0.2) is 9.36 Å². The minimum atomic E-state index is -0.0366. The van der Waals surface area contributed by atoms with Gasteiger partial charge in [-0.2, -0.15) is 5.10 Å². The van der Waals surface area contributed by atoms with Crippen molar-refractivity contribution < 1.29 is 4.74 Å². The highest BCUT2D eigenvalue weighted by molar-refractivity contribution is 5.38. The molecule has 1 N–H and O–H groups in total. The fourth-order valence-corrected chi connectivity index (χ4v) is 5.11. The lowest BCUT2D eigenvalue weighted by molar-refractivity contribution is 0.244. The van der Waals surface area contributed by atoms with Gasteiger partial charge in [-0.05, 0) is 69.7 Å². The molecule has 0 spiro atoms. The zero-order valence-electron chi connectivity index (χ0n) is 18.8. The Morgan fingerprint density at radius 1 is 1.03 bits per heavy atom. The fourth-order valence-electron chi connectivity index (χ4n) is 5.11. The topological polar surface area (TPSA) is 74.0 Å². The van der Waals surface area contributed by atoms with Crippen LogP contribution in [0, 0.1) is 13.8 Å². The molecule has 1 fully saturated rings. The zero-order valence-corrected chi connectivity index (χ0v) is 18.8. The number of rotatable bonds is 5. The number of aromatic nitrogens is 4. The molecule has 1 aliphatic heterocycles. The van der Waals surface area contributed by atoms with Gasteiger partial charge in [0.25, 0.3) is 5.56 Å². The predicted molar refractivity (Wildman–Crippen MR) is 124 cm³/mol. The number of nitrogens with one attached hydrogen (secondary N) is 1. The predicted octanol–water partition coefficient (Wildman–Crippen LogP) is 3.69. The summed E-state index contributed by atoms with van der Waals surface area (Å²) in [5.41, 5.74) is 3.24. The summed E-state index contributed by atoms with van der Waals surface area (Å²) in [6.07, 6.45) is 5.06. The molecular formula is C25H31N5O2. The van der Waals surface area contributed by atoms with Crippen molar-refractivity contribution >= 4 is 0 Å². The summed E-state index contributed by atoms with van der Waals surface area (Å²) in [5, 5.41) is 13.0. The number of ether oxygens (including phenoxy) is 1. The van der Waals surface area contributed by atoms with Crippen molar-refractivity contribution in [3.05, 3.63) is 69.8 Å². The van der Waals surface area contributed by atoms with Crippen LogP contribution in [0.4, 0.5) is 0 Å². The number of hydrogen-bond acceptors (Lipinski definition) is 5. The van der Waals surface area contributed by atoms with Crippen molar-refractivity contribution in [2.45, 2.75) is 64.0 Å². The van der Waals surface area contributed by atoms with E-state index in [1.807, 2.05) is 30.7 Å². The van der Waals surface area contributed by atoms with Crippen LogP contribution in [0.15, 0.2) is 47.3 Å². The van der Waals surface area contributed by atoms with Crippen LogP contribution in [0.25, 0.3) is 5.82 Å². The monoisotopic (exact) mass is 433 g/mol. The van der Waals surface area contributed by atoms with Crippen LogP contribution in [-0.4, -0.2) is 38.8 Å². The molecule has 0 amide bonds. The number of aryl methyl sites for hydroxylation is 2. The second-order valence-corrected chi connectivity index (χ2v) is 9.10. The third-order valence-electron chi connectivity index (χ3n) is 6.82. The summed E-state index contributed by atoms with van der Waals surface area (Å²) >= 11 is 0. The molecule has 32 heavy (non-hydrogen) atoms. The highest BCUT2D eigenvalue weighted by Gasteiger charge is 2.26. The number of para-hydroxylation sites is 1. The molecule has 1 aliphatic carbocycles. The summed E-state index contributed by atoms with van der Waals surface area (Å²) in [7, 11) is 0. The van der Waals surface area contributed by atoms with E-state index in [4.69, 9.17) is 4.74 Å². The average molecular weight is 434 g/mol. The first-order valence-electron chi connectivity index (χ1n) is 11.7. The Bertz CT molecular complexity index is 1140. The Morgan fingerprint density at radius 2 is 1.84 bits per heavy atom. The lowest BCUT2D eigenvalue weighted by Crippen LogP contribution is -2.39. The maximum Gasteiger partial charge on any atom is 0.267 e. The molecule has 0 radical (unpaired) electrons. The lowest BCUT2D eigenvalue weighted by Gasteiger charge is -2.32. The van der Waals surface area contributed by atoms with Crippen LogP contribution >= 0.6 is 0 Å². The Labute approximate surface area is 188 Å². The molecule has 1 atom stereocenters. The van der Waals surface area contributed by atoms with Gasteiger partial charge in [0, 0.05) is 30.3 Å². The summed E-state index contributed by atoms with van der Waals surface area (Å²) < 4.78 is 9.28. The SMILES string of the molecule is Cc1cc(C)n(-c2ccc(=O)n(C3CCC(NCC4CCOc5ccccc54)CC3)n2)n1. The molecule has 168 valence electrons. The minimum Gasteiger partial charge on any atom is -0.493 e. The van der Waals surface area contributed by atoms with Gasteiger partial charge >= 0.3 is 0 Å². The first kappa shape index (κ1) is 20.9. The molecule has 1 saturated carbocycles. The molecule has 3 aromatic rings. The van der Waals surface area contributed by atoms with E-state index in [0.717, 1.165) is 62.4 Å². The van der Waals surface area contributed by atoms with Crippen molar-refractivity contribution in [2.75, 3.05) is 13.2 Å². The lowest BCUT2D eigenvalue weighted by atomic mass is 9.89. The van der Waals surface area contributed by atoms with Crippen LogP contribution in [0.3, 0.4) is 0 Å². The van der Waals surface area contributed by atoms with Gasteiger partial charge in [-0.1, -0.05) is 18.2 Å². The molecule has 0 saturated heterocycles. The molecule has 5 rings (SSSR count). The van der Waals surface area contributed by atoms with E-state index in [9.17, 15) is 4.79 Å². The Kier molecular flexibility index (Phi) is 5.83. The summed E-state index contributed by atoms with van der Waals surface area (Å²) in [6, 6.07) is 14.4. The van der Waals surface area contributed by atoms with E-state index in [2.05, 4.69) is 33.7 Å². The number of benzene rings is 1. The van der Waals surface area contributed by atoms with Gasteiger partial charge in [-0.15, -0.1) is 5.10 Å². The van der Waals surface area contributed by atoms with Crippen LogP contribution in [-0.2, 0) is 0 Å². The standard InChI is InChI=1S/C25H31N5O2/c1-17-15-18(2)29(27-17)24-11-12-25(31)30(28-24)21-9-7-20(8-10-21)26-16-19-13-14-32-23-6-4-3-5-22(19)23/h3-6,11-12,15,19-21,26H,7-10,13-14,16H2,1-2H3. The molecule has 3 heterocycles. The average Bonchev–Trinajstić information content (AvgIpc) is 3.16. The molecule has 0 bridgehead atoms. The van der Waals surface area contributed by atoms with E-state index in [1.54, 1.807) is 16.8 Å². The van der Waals surface area contributed by atoms with Gasteiger partial charge < -0.3 is 10.1 Å². The zero-order chi connectivity index (χ0) is 22.1. The van der Waals surface area contributed by atoms with Crippen LogP contribution < -0.4 is 15.6 Å². The Morgan fingerprint density at radius 3 is 2.62 bits per heavy atom. The highest BCUT2D eigenvalue weighted by Crippen LogP contribution is 2.33. The smallest absolute Gasteiger partial charge is 0.267 e. The van der Waals surface area contributed by atoms with Gasteiger partial charge in [-0.3, -0.25) is 4.79 Å². The molecule has 2 aromatic heterocycles. The normalized spacial score (nSPS) is 22.9. The van der Waals surface area contributed by atoms with Crippen LogP contribution in [0.2, 0.25) is 0 Å². The van der Waals surface area contributed by atoms with Gasteiger partial charge in [0.1, 0.15) is 5.75 Å². The third kappa shape index (κ3) is 4.21. The Hall–Kier alpha value is -2.93. The molecule has 1 aromatic carbocycles. The van der Waals surface area contributed by atoms with Crippen molar-refractivity contribution in [1.29, 1.82) is 0 Å². The largest absolute Gasteiger partial charge is 0.493 e. The number of nitrogens with zero attached hydrogens (tertiary/aromatic N) is 4. The van der Waals surface area contributed by atoms with Crippen molar-refractivity contribution in [1.82, 2.24) is 24.9 Å². The summed E-state index contributed by atoms with van der Waals surface area (Å²) in [4.78, 5) is 12.6. The van der Waals surface area contributed by atoms with Crippen molar-refractivity contribution in [3.8, 4) is 11.6 Å². The number of hydrogen-bond donors (Lipinski definition) is 1. The van der Waals surface area contributed by atoms with E-state index in [0.29, 0.717) is 17.8 Å². The molecule has 7 nitrogen and oxygen atoms in total. The second-order valence-electron chi connectivity index (χ2n) is 9.10. The van der Waals surface area contributed by atoms with E-state index < -0.39 is 0 Å². The fraction of sp³-hybridized carbons (Fsp3) is 0.480. The first-order chi connectivity index (χ1) is 15.6. The maximum atomic E-state index is 12.6. The van der Waals surface area contributed by atoms with Crippen LogP contribution in [0.1, 0.15) is 61.0 Å². The molecule has 7 heteroatoms. The first-order valence-corrected chi connectivity index (χ1v) is 11.7. The van der Waals surface area contributed by atoms with Crippen LogP contribution in [0.5, 0.6) is 5.75 Å². The maximum absolute atomic E-state index is 12.6. The molecule has 2 aliphatic rings. The van der Waals surface area contributed by atoms with E-state index in [1.165, 1.54) is 5.56 Å². The van der Waals surface area contributed by atoms with Gasteiger partial charge in [0.2, 0.25) is 0 Å². The quantitative estimate of drug-likeness (QED) is 0.664. The molecule has 1 unspecified atom stereocenters. The summed E-state index contributed by atoms with van der Waals surface area (Å²) in [6.45, 7) is 5.73.